The summed E-state index contributed by atoms with van der Waals surface area (Å²) in [7, 11) is 0. The molecule has 1 fully saturated rings. The van der Waals surface area contributed by atoms with Crippen LogP contribution in [0.3, 0.4) is 0 Å². The molecule has 5 heteroatoms. The highest BCUT2D eigenvalue weighted by Gasteiger charge is 2.33. The lowest BCUT2D eigenvalue weighted by molar-refractivity contribution is -0.143. The molecule has 0 aromatic rings. The molecule has 1 amide bonds. The molecule has 2 unspecified atom stereocenters. The molecule has 1 rings (SSSR count). The standard InChI is InChI=1S/C14H25NO4/c1-5-10-6-8-15(9-7-11(10)12(16)17)13(18)19-14(2,3)4/h10-11H,5-9H2,1-4H3,(H,16,17). The Bertz CT molecular complexity index is 335. The van der Waals surface area contributed by atoms with E-state index in [2.05, 4.69) is 0 Å². The molecule has 1 saturated heterocycles. The summed E-state index contributed by atoms with van der Waals surface area (Å²) < 4.78 is 5.34. The van der Waals surface area contributed by atoms with E-state index in [1.165, 1.54) is 0 Å². The topological polar surface area (TPSA) is 66.8 Å². The van der Waals surface area contributed by atoms with E-state index < -0.39 is 11.6 Å². The average Bonchev–Trinajstić information content (AvgIpc) is 2.48. The fourth-order valence-electron chi connectivity index (χ4n) is 2.49. The number of amides is 1. The molecular weight excluding hydrogens is 246 g/mol. The van der Waals surface area contributed by atoms with Gasteiger partial charge in [-0.3, -0.25) is 4.79 Å². The maximum absolute atomic E-state index is 12.0. The van der Waals surface area contributed by atoms with Crippen LogP contribution in [0.2, 0.25) is 0 Å². The minimum Gasteiger partial charge on any atom is -0.481 e. The second kappa shape index (κ2) is 6.26. The van der Waals surface area contributed by atoms with Crippen LogP contribution < -0.4 is 0 Å². The molecular formula is C14H25NO4. The van der Waals surface area contributed by atoms with Gasteiger partial charge in [0.2, 0.25) is 0 Å². The van der Waals surface area contributed by atoms with Gasteiger partial charge >= 0.3 is 12.1 Å². The van der Waals surface area contributed by atoms with Gasteiger partial charge in [0.05, 0.1) is 5.92 Å². The van der Waals surface area contributed by atoms with Gasteiger partial charge in [0.1, 0.15) is 5.60 Å². The fraction of sp³-hybridized carbons (Fsp3) is 0.857. The SMILES string of the molecule is CCC1CCN(C(=O)OC(C)(C)C)CCC1C(=O)O. The lowest BCUT2D eigenvalue weighted by Crippen LogP contribution is -2.37. The first-order valence-corrected chi connectivity index (χ1v) is 6.95. The number of ether oxygens (including phenoxy) is 1. The average molecular weight is 271 g/mol. The predicted molar refractivity (Wildman–Crippen MR) is 71.9 cm³/mol. The Labute approximate surface area is 114 Å². The third kappa shape index (κ3) is 4.73. The number of likely N-dealkylation sites (tertiary alicyclic amines) is 1. The molecule has 110 valence electrons. The van der Waals surface area contributed by atoms with Crippen LogP contribution >= 0.6 is 0 Å². The van der Waals surface area contributed by atoms with Crippen molar-refractivity contribution >= 4 is 12.1 Å². The molecule has 0 aromatic heterocycles. The van der Waals surface area contributed by atoms with Crippen LogP contribution in [0.4, 0.5) is 4.79 Å². The Morgan fingerprint density at radius 1 is 1.26 bits per heavy atom. The van der Waals surface area contributed by atoms with Gasteiger partial charge in [0, 0.05) is 13.1 Å². The number of hydrogen-bond acceptors (Lipinski definition) is 3. The number of aliphatic carboxylic acids is 1. The smallest absolute Gasteiger partial charge is 0.410 e. The van der Waals surface area contributed by atoms with Crippen molar-refractivity contribution in [3.8, 4) is 0 Å². The molecule has 0 radical (unpaired) electrons. The normalized spacial score (nSPS) is 24.7. The number of hydrogen-bond donors (Lipinski definition) is 1. The highest BCUT2D eigenvalue weighted by atomic mass is 16.6. The van der Waals surface area contributed by atoms with Gasteiger partial charge in [0.25, 0.3) is 0 Å². The van der Waals surface area contributed by atoms with E-state index in [1.807, 2.05) is 27.7 Å². The molecule has 1 N–H and O–H groups in total. The lowest BCUT2D eigenvalue weighted by atomic mass is 9.86. The number of carboxylic acid groups (broad SMARTS) is 1. The maximum atomic E-state index is 12.0. The number of nitrogens with zero attached hydrogens (tertiary/aromatic N) is 1. The quantitative estimate of drug-likeness (QED) is 0.838. The minimum absolute atomic E-state index is 0.143. The minimum atomic E-state index is -0.752. The first-order chi connectivity index (χ1) is 8.74. The summed E-state index contributed by atoms with van der Waals surface area (Å²) in [6.45, 7) is 8.54. The van der Waals surface area contributed by atoms with Crippen molar-refractivity contribution in [1.29, 1.82) is 0 Å². The van der Waals surface area contributed by atoms with Crippen LogP contribution in [0, 0.1) is 11.8 Å². The number of rotatable bonds is 2. The summed E-state index contributed by atoms with van der Waals surface area (Å²) in [5, 5.41) is 9.24. The van der Waals surface area contributed by atoms with Crippen LogP contribution in [-0.4, -0.2) is 40.8 Å². The summed E-state index contributed by atoms with van der Waals surface area (Å²) in [4.78, 5) is 24.9. The fourth-order valence-corrected chi connectivity index (χ4v) is 2.49. The Kier molecular flexibility index (Phi) is 5.20. The zero-order valence-electron chi connectivity index (χ0n) is 12.3. The van der Waals surface area contributed by atoms with Gasteiger partial charge < -0.3 is 14.7 Å². The molecule has 5 nitrogen and oxygen atoms in total. The van der Waals surface area contributed by atoms with Crippen molar-refractivity contribution < 1.29 is 19.4 Å². The summed E-state index contributed by atoms with van der Waals surface area (Å²) in [5.74, 6) is -0.958. The first kappa shape index (κ1) is 15.8. The molecule has 2 atom stereocenters. The summed E-state index contributed by atoms with van der Waals surface area (Å²) >= 11 is 0. The molecule has 19 heavy (non-hydrogen) atoms. The van der Waals surface area contributed by atoms with Crippen molar-refractivity contribution in [2.75, 3.05) is 13.1 Å². The lowest BCUT2D eigenvalue weighted by Gasteiger charge is -2.26. The largest absolute Gasteiger partial charge is 0.481 e. The third-order valence-electron chi connectivity index (χ3n) is 3.54. The predicted octanol–water partition coefficient (Wildman–Crippen LogP) is 2.74. The number of carboxylic acids is 1. The molecule has 0 spiro atoms. The maximum Gasteiger partial charge on any atom is 0.410 e. The van der Waals surface area contributed by atoms with Crippen molar-refractivity contribution in [2.45, 2.75) is 52.6 Å². The van der Waals surface area contributed by atoms with Crippen LogP contribution in [0.15, 0.2) is 0 Å². The Balaban J connectivity index is 2.66. The van der Waals surface area contributed by atoms with Crippen LogP contribution in [0.1, 0.15) is 47.0 Å². The molecule has 0 aliphatic carbocycles. The van der Waals surface area contributed by atoms with Gasteiger partial charge in [-0.05, 0) is 39.5 Å². The molecule has 0 aromatic carbocycles. The van der Waals surface area contributed by atoms with Gasteiger partial charge in [-0.25, -0.2) is 4.79 Å². The van der Waals surface area contributed by atoms with Gasteiger partial charge in [-0.1, -0.05) is 13.3 Å². The summed E-state index contributed by atoms with van der Waals surface area (Å²) in [5.41, 5.74) is -0.514. The number of carbonyl (C=O) groups excluding carboxylic acids is 1. The zero-order valence-corrected chi connectivity index (χ0v) is 12.3. The van der Waals surface area contributed by atoms with E-state index in [9.17, 15) is 14.7 Å². The first-order valence-electron chi connectivity index (χ1n) is 6.95. The van der Waals surface area contributed by atoms with E-state index in [0.29, 0.717) is 19.5 Å². The molecule has 1 aliphatic heterocycles. The molecule has 1 aliphatic rings. The Hall–Kier alpha value is -1.26. The molecule has 0 saturated carbocycles. The van der Waals surface area contributed by atoms with Crippen LogP contribution in [0.5, 0.6) is 0 Å². The van der Waals surface area contributed by atoms with E-state index >= 15 is 0 Å². The molecule has 1 heterocycles. The van der Waals surface area contributed by atoms with E-state index in [1.54, 1.807) is 4.90 Å². The zero-order chi connectivity index (χ0) is 14.6. The van der Waals surface area contributed by atoms with Crippen molar-refractivity contribution in [1.82, 2.24) is 4.90 Å². The molecule has 0 bridgehead atoms. The third-order valence-corrected chi connectivity index (χ3v) is 3.54. The Morgan fingerprint density at radius 2 is 1.84 bits per heavy atom. The number of carbonyl (C=O) groups is 2. The van der Waals surface area contributed by atoms with Gasteiger partial charge in [-0.15, -0.1) is 0 Å². The van der Waals surface area contributed by atoms with Gasteiger partial charge in [0.15, 0.2) is 0 Å². The van der Waals surface area contributed by atoms with Crippen molar-refractivity contribution in [3.05, 3.63) is 0 Å². The monoisotopic (exact) mass is 271 g/mol. The van der Waals surface area contributed by atoms with Crippen molar-refractivity contribution in [3.63, 3.8) is 0 Å². The highest BCUT2D eigenvalue weighted by Crippen LogP contribution is 2.27. The van der Waals surface area contributed by atoms with E-state index in [0.717, 1.165) is 12.8 Å². The van der Waals surface area contributed by atoms with Crippen LogP contribution in [-0.2, 0) is 9.53 Å². The summed E-state index contributed by atoms with van der Waals surface area (Å²) in [6.07, 6.45) is 1.73. The second-order valence-electron chi connectivity index (χ2n) is 6.16. The summed E-state index contributed by atoms with van der Waals surface area (Å²) in [6, 6.07) is 0. The van der Waals surface area contributed by atoms with E-state index in [-0.39, 0.29) is 17.9 Å². The second-order valence-corrected chi connectivity index (χ2v) is 6.16. The van der Waals surface area contributed by atoms with Crippen molar-refractivity contribution in [2.24, 2.45) is 11.8 Å². The van der Waals surface area contributed by atoms with E-state index in [4.69, 9.17) is 4.74 Å². The Morgan fingerprint density at radius 3 is 2.32 bits per heavy atom. The van der Waals surface area contributed by atoms with Gasteiger partial charge in [-0.2, -0.15) is 0 Å². The highest BCUT2D eigenvalue weighted by molar-refractivity contribution is 5.71. The van der Waals surface area contributed by atoms with Crippen LogP contribution in [0.25, 0.3) is 0 Å².